The molecule has 2 amide bonds. The molecule has 2 atom stereocenters. The second kappa shape index (κ2) is 8.60. The summed E-state index contributed by atoms with van der Waals surface area (Å²) in [5.74, 6) is -1.19. The number of carboxylic acids is 1. The van der Waals surface area contributed by atoms with E-state index in [2.05, 4.69) is 5.32 Å². The Morgan fingerprint density at radius 1 is 1.04 bits per heavy atom. The fourth-order valence-corrected chi connectivity index (χ4v) is 2.83. The number of ether oxygens (including phenoxy) is 2. The third-order valence-electron chi connectivity index (χ3n) is 3.89. The minimum Gasteiger partial charge on any atom is -0.481 e. The molecule has 0 radical (unpaired) electrons. The van der Waals surface area contributed by atoms with Gasteiger partial charge in [0.1, 0.15) is 11.2 Å². The number of aliphatic carboxylic acids is 1. The maximum absolute atomic E-state index is 12.3. The summed E-state index contributed by atoms with van der Waals surface area (Å²) >= 11 is 0. The number of nitrogens with zero attached hydrogens (tertiary/aromatic N) is 1. The van der Waals surface area contributed by atoms with E-state index in [-0.39, 0.29) is 24.8 Å². The van der Waals surface area contributed by atoms with E-state index in [1.807, 2.05) is 0 Å². The second-order valence-electron chi connectivity index (χ2n) is 8.72. The molecular formula is C18H32N2O6. The lowest BCUT2D eigenvalue weighted by molar-refractivity contribution is -0.139. The minimum atomic E-state index is -0.886. The van der Waals surface area contributed by atoms with Crippen LogP contribution in [0.25, 0.3) is 0 Å². The molecule has 0 aliphatic carbocycles. The third-order valence-corrected chi connectivity index (χ3v) is 3.89. The Bertz CT molecular complexity index is 521. The fourth-order valence-electron chi connectivity index (χ4n) is 2.83. The van der Waals surface area contributed by atoms with Crippen molar-refractivity contribution in [2.45, 2.75) is 65.6 Å². The van der Waals surface area contributed by atoms with Gasteiger partial charge in [-0.15, -0.1) is 0 Å². The van der Waals surface area contributed by atoms with Gasteiger partial charge >= 0.3 is 18.2 Å². The van der Waals surface area contributed by atoms with Gasteiger partial charge < -0.3 is 24.8 Å². The summed E-state index contributed by atoms with van der Waals surface area (Å²) in [6.07, 6.45) is -0.427. The molecule has 1 saturated heterocycles. The summed E-state index contributed by atoms with van der Waals surface area (Å²) in [6, 6.07) is 0. The van der Waals surface area contributed by atoms with Crippen LogP contribution in [0.4, 0.5) is 9.59 Å². The van der Waals surface area contributed by atoms with Crippen molar-refractivity contribution in [3.63, 3.8) is 0 Å². The number of nitrogens with one attached hydrogen (secondary N) is 1. The molecule has 0 unspecified atom stereocenters. The third kappa shape index (κ3) is 8.40. The van der Waals surface area contributed by atoms with Crippen molar-refractivity contribution in [3.8, 4) is 0 Å². The molecule has 1 heterocycles. The molecule has 1 aliphatic rings. The molecule has 1 fully saturated rings. The van der Waals surface area contributed by atoms with Gasteiger partial charge in [0.25, 0.3) is 0 Å². The first-order valence-electron chi connectivity index (χ1n) is 8.93. The maximum Gasteiger partial charge on any atom is 0.410 e. The van der Waals surface area contributed by atoms with E-state index in [9.17, 15) is 14.4 Å². The van der Waals surface area contributed by atoms with E-state index >= 15 is 0 Å². The molecule has 0 spiro atoms. The fraction of sp³-hybridized carbons (Fsp3) is 0.833. The van der Waals surface area contributed by atoms with Crippen LogP contribution in [0.5, 0.6) is 0 Å². The number of carbonyl (C=O) groups is 3. The molecule has 0 bridgehead atoms. The van der Waals surface area contributed by atoms with Crippen molar-refractivity contribution < 1.29 is 29.0 Å². The maximum atomic E-state index is 12.3. The topological polar surface area (TPSA) is 105 Å². The molecule has 1 aliphatic heterocycles. The Morgan fingerprint density at radius 2 is 1.62 bits per heavy atom. The van der Waals surface area contributed by atoms with Crippen LogP contribution < -0.4 is 5.32 Å². The predicted octanol–water partition coefficient (Wildman–Crippen LogP) is 2.86. The lowest BCUT2D eigenvalue weighted by Crippen LogP contribution is -2.49. The normalized spacial score (nSPS) is 21.1. The van der Waals surface area contributed by atoms with E-state index in [1.165, 1.54) is 0 Å². The first-order valence-corrected chi connectivity index (χ1v) is 8.93. The van der Waals surface area contributed by atoms with Crippen molar-refractivity contribution in [2.24, 2.45) is 11.8 Å². The van der Waals surface area contributed by atoms with Crippen LogP contribution in [0.15, 0.2) is 0 Å². The zero-order valence-corrected chi connectivity index (χ0v) is 16.6. The summed E-state index contributed by atoms with van der Waals surface area (Å²) in [5, 5.41) is 11.8. The van der Waals surface area contributed by atoms with E-state index in [1.54, 1.807) is 46.4 Å². The second-order valence-corrected chi connectivity index (χ2v) is 8.72. The van der Waals surface area contributed by atoms with Gasteiger partial charge in [0, 0.05) is 26.1 Å². The monoisotopic (exact) mass is 372 g/mol. The highest BCUT2D eigenvalue weighted by atomic mass is 16.6. The van der Waals surface area contributed by atoms with Crippen LogP contribution in [-0.4, -0.2) is 59.0 Å². The Labute approximate surface area is 155 Å². The zero-order valence-electron chi connectivity index (χ0n) is 16.6. The zero-order chi connectivity index (χ0) is 20.1. The van der Waals surface area contributed by atoms with E-state index in [4.69, 9.17) is 14.6 Å². The van der Waals surface area contributed by atoms with Crippen LogP contribution in [0.1, 0.15) is 54.4 Å². The number of carbonyl (C=O) groups excluding carboxylic acids is 2. The first kappa shape index (κ1) is 22.1. The van der Waals surface area contributed by atoms with Crippen molar-refractivity contribution in [1.82, 2.24) is 10.2 Å². The number of hydrogen-bond acceptors (Lipinski definition) is 5. The van der Waals surface area contributed by atoms with Crippen LogP contribution >= 0.6 is 0 Å². The van der Waals surface area contributed by atoms with E-state index in [0.29, 0.717) is 19.5 Å². The molecule has 0 aromatic rings. The molecular weight excluding hydrogens is 340 g/mol. The average Bonchev–Trinajstić information content (AvgIpc) is 2.41. The molecule has 8 nitrogen and oxygen atoms in total. The van der Waals surface area contributed by atoms with Gasteiger partial charge in [-0.3, -0.25) is 4.79 Å². The summed E-state index contributed by atoms with van der Waals surface area (Å²) in [6.45, 7) is 11.7. The number of alkyl carbamates (subject to hydrolysis) is 1. The van der Waals surface area contributed by atoms with Crippen LogP contribution in [0.2, 0.25) is 0 Å². The Kier molecular flexibility index (Phi) is 7.29. The molecule has 26 heavy (non-hydrogen) atoms. The minimum absolute atomic E-state index is 0.00280. The largest absolute Gasteiger partial charge is 0.481 e. The lowest BCUT2D eigenvalue weighted by Gasteiger charge is -2.38. The summed E-state index contributed by atoms with van der Waals surface area (Å²) in [4.78, 5) is 36.9. The van der Waals surface area contributed by atoms with Gasteiger partial charge in [0.15, 0.2) is 0 Å². The standard InChI is InChI=1S/C18H32N2O6/c1-17(2,3)25-15(23)19-10-13-11-20(16(24)26-18(4,5)6)8-7-12(13)9-14(21)22/h12-13H,7-11H2,1-6H3,(H,19,23)(H,21,22)/t12-,13-/m1/s1. The van der Waals surface area contributed by atoms with Crippen LogP contribution in [0, 0.1) is 11.8 Å². The van der Waals surface area contributed by atoms with Crippen molar-refractivity contribution in [2.75, 3.05) is 19.6 Å². The van der Waals surface area contributed by atoms with E-state index < -0.39 is 29.4 Å². The Balaban J connectivity index is 2.71. The van der Waals surface area contributed by atoms with Gasteiger partial charge in [-0.25, -0.2) is 9.59 Å². The predicted molar refractivity (Wildman–Crippen MR) is 95.9 cm³/mol. The number of likely N-dealkylation sites (tertiary alicyclic amines) is 1. The SMILES string of the molecule is CC(C)(C)OC(=O)NC[C@@H]1CN(C(=O)OC(C)(C)C)CC[C@@H]1CC(=O)O. The quantitative estimate of drug-likeness (QED) is 0.786. The number of rotatable bonds is 4. The summed E-state index contributed by atoms with van der Waals surface area (Å²) < 4.78 is 10.6. The average molecular weight is 372 g/mol. The van der Waals surface area contributed by atoms with Gasteiger partial charge in [-0.05, 0) is 59.8 Å². The van der Waals surface area contributed by atoms with Gasteiger partial charge in [0.2, 0.25) is 0 Å². The summed E-state index contributed by atoms with van der Waals surface area (Å²) in [5.41, 5.74) is -1.21. The number of amides is 2. The first-order chi connectivity index (χ1) is 11.8. The molecule has 1 rings (SSSR count). The molecule has 0 aromatic carbocycles. The van der Waals surface area contributed by atoms with Gasteiger partial charge in [-0.2, -0.15) is 0 Å². The van der Waals surface area contributed by atoms with Crippen molar-refractivity contribution >= 4 is 18.2 Å². The van der Waals surface area contributed by atoms with Gasteiger partial charge in [0.05, 0.1) is 0 Å². The van der Waals surface area contributed by atoms with Gasteiger partial charge in [-0.1, -0.05) is 0 Å². The highest BCUT2D eigenvalue weighted by Gasteiger charge is 2.35. The van der Waals surface area contributed by atoms with Crippen molar-refractivity contribution in [1.29, 1.82) is 0 Å². The molecule has 8 heteroatoms. The molecule has 150 valence electrons. The molecule has 0 saturated carbocycles. The van der Waals surface area contributed by atoms with Crippen LogP contribution in [0.3, 0.4) is 0 Å². The highest BCUT2D eigenvalue weighted by Crippen LogP contribution is 2.27. The van der Waals surface area contributed by atoms with E-state index in [0.717, 1.165) is 0 Å². The number of piperidine rings is 1. The Hall–Kier alpha value is -1.99. The smallest absolute Gasteiger partial charge is 0.410 e. The molecule has 2 N–H and O–H groups in total. The van der Waals surface area contributed by atoms with Crippen LogP contribution in [-0.2, 0) is 14.3 Å². The molecule has 0 aromatic heterocycles. The number of carboxylic acid groups (broad SMARTS) is 1. The summed E-state index contributed by atoms with van der Waals surface area (Å²) in [7, 11) is 0. The number of hydrogen-bond donors (Lipinski definition) is 2. The van der Waals surface area contributed by atoms with Crippen molar-refractivity contribution in [3.05, 3.63) is 0 Å². The lowest BCUT2D eigenvalue weighted by atomic mass is 9.83. The highest BCUT2D eigenvalue weighted by molar-refractivity contribution is 5.69. The Morgan fingerprint density at radius 3 is 2.12 bits per heavy atom.